The lowest BCUT2D eigenvalue weighted by Gasteiger charge is -2.29. The van der Waals surface area contributed by atoms with Gasteiger partial charge in [-0.05, 0) is 218 Å². The van der Waals surface area contributed by atoms with Crippen molar-refractivity contribution in [3.05, 3.63) is 265 Å². The van der Waals surface area contributed by atoms with Gasteiger partial charge in [0.2, 0.25) is 28.5 Å². The van der Waals surface area contributed by atoms with Crippen LogP contribution in [0.15, 0.2) is 171 Å². The molecule has 0 radical (unpaired) electrons. The summed E-state index contributed by atoms with van der Waals surface area (Å²) in [6, 6.07) is 48.7. The lowest BCUT2D eigenvalue weighted by Crippen LogP contribution is -2.36. The summed E-state index contributed by atoms with van der Waals surface area (Å²) in [5.41, 5.74) is 32.5. The zero-order valence-corrected chi connectivity index (χ0v) is 74.6. The van der Waals surface area contributed by atoms with E-state index in [1.165, 1.54) is 101 Å². The Morgan fingerprint density at radius 1 is 0.275 bits per heavy atom. The number of nitrogens with zero attached hydrogens (tertiary/aromatic N) is 5. The first-order chi connectivity index (χ1) is 53.1. The van der Waals surface area contributed by atoms with Crippen molar-refractivity contribution in [3.63, 3.8) is 0 Å². The monoisotopic (exact) mass is 1470 g/mol. The molecule has 0 aliphatic carbocycles. The molecule has 0 unspecified atom stereocenters. The van der Waals surface area contributed by atoms with Gasteiger partial charge < -0.3 is 0 Å². The molecule has 0 aliphatic rings. The zero-order valence-electron chi connectivity index (χ0n) is 81.6. The summed E-state index contributed by atoms with van der Waals surface area (Å²) in [6.07, 6.45) is 10.0. The lowest BCUT2D eigenvalue weighted by molar-refractivity contribution is -0.661. The first kappa shape index (κ1) is 79.0. The first-order valence-electron chi connectivity index (χ1n) is 43.7. The fourth-order valence-electron chi connectivity index (χ4n) is 14.7. The second kappa shape index (κ2) is 37.2. The van der Waals surface area contributed by atoms with Crippen LogP contribution in [-0.2, 0) is 87.9 Å². The predicted octanol–water partition coefficient (Wildman–Crippen LogP) is 24.6. The van der Waals surface area contributed by atoms with Crippen molar-refractivity contribution in [2.45, 2.75) is 267 Å². The fraction of sp³-hybridized carbons (Fsp3) is 0.471. The van der Waals surface area contributed by atoms with Crippen molar-refractivity contribution in [2.24, 2.45) is 58.9 Å². The second-order valence-corrected chi connectivity index (χ2v) is 37.8. The molecule has 0 bridgehead atoms. The first-order valence-corrected chi connectivity index (χ1v) is 40.2. The van der Waals surface area contributed by atoms with Crippen molar-refractivity contribution in [3.8, 4) is 56.3 Å². The van der Waals surface area contributed by atoms with Crippen LogP contribution < -0.4 is 22.8 Å². The molecular weight excluding hydrogens is 1320 g/mol. The number of rotatable bonds is 13. The van der Waals surface area contributed by atoms with Crippen LogP contribution in [0.2, 0.25) is 0 Å². The van der Waals surface area contributed by atoms with Crippen LogP contribution in [0.1, 0.15) is 263 Å². The van der Waals surface area contributed by atoms with E-state index in [1.54, 1.807) is 18.3 Å². The van der Waals surface area contributed by atoms with Crippen LogP contribution in [0, 0.1) is 79.0 Å². The van der Waals surface area contributed by atoms with Gasteiger partial charge in [0.25, 0.3) is 0 Å². The minimum absolute atomic E-state index is 0.0260. The van der Waals surface area contributed by atoms with Crippen molar-refractivity contribution in [1.82, 2.24) is 0 Å². The minimum atomic E-state index is -2.07. The minimum Gasteiger partial charge on any atom is -0.201 e. The zero-order chi connectivity index (χ0) is 88.0. The Kier molecular flexibility index (Phi) is 27.0. The molecule has 0 aliphatic heterocycles. The molecule has 0 fully saturated rings. The van der Waals surface area contributed by atoms with Gasteiger partial charge in [0.05, 0.1) is 0 Å². The summed E-state index contributed by atoms with van der Waals surface area (Å²) in [6.45, 7) is 63.5. The van der Waals surface area contributed by atoms with Gasteiger partial charge in [0.1, 0.15) is 35.2 Å². The Bertz CT molecular complexity index is 5050. The topological polar surface area (TPSA) is 19.4 Å². The van der Waals surface area contributed by atoms with Crippen LogP contribution in [0.4, 0.5) is 0 Å². The molecule has 10 aromatic rings. The molecule has 109 heavy (non-hydrogen) atoms. The van der Waals surface area contributed by atoms with Crippen LogP contribution in [0.5, 0.6) is 0 Å². The van der Waals surface area contributed by atoms with Gasteiger partial charge >= 0.3 is 0 Å². The SMILES string of the molecule is Cc1ccc(-c2cc(C)c(C(C)(C)C)c[n+]2C)c(C)c1.Cc1ccccc1-c1cc(C(C)(C)C)c(C(C)(C)C)c[n+]1C.Cc1ccccc1-c1cc(CC(C)C)c(CC(C)C)c[n+]1C.[2H]C([2H])([2H])c1ccc(-c2cc(C(C)(C)C)c(C(C)(C)C)c[n+]2C)c(C)c1.[2H]C([2H])(c1cc(-c2ccccc2C)[n+](C)cc1C([2H])([2H])C(C)C)C(C)C. The molecule has 5 heteroatoms. The molecule has 0 amide bonds. The van der Waals surface area contributed by atoms with E-state index in [4.69, 9.17) is 9.60 Å². The quantitative estimate of drug-likeness (QED) is 0.103. The Balaban J connectivity index is 0.000000226. The standard InChI is InChI=1S/C22H32N.3C21H30N.C19H26N/c1-15-10-11-17(16(2)12-15)20-13-18(21(3,4)5)19(14-23(20)9)22(6,7)8;1-15-11-9-10-12-16(15)19-13-17(20(2,3)4)18(14-22(19)8)21(5,6)7;2*1-15(2)11-18-13-21(20-10-8-7-9-17(20)5)22(6)14-19(18)12-16(3)4;1-13-8-9-16(14(2)10-13)18-11-15(3)17(12-20(18)7)19(4,5)6/h10-14H,1-9H3;9-14H,1-8H3;2*7-10,13-16H,11-12H2,1-6H3;8-12H,1-7H3/q5*+1/i1D3;;11D2,12D2;;. The molecule has 0 saturated carbocycles. The van der Waals surface area contributed by atoms with E-state index in [2.05, 4.69) is 328 Å². The molecule has 5 heterocycles. The third-order valence-corrected chi connectivity index (χ3v) is 20.4. The highest BCUT2D eigenvalue weighted by Crippen LogP contribution is 2.39. The summed E-state index contributed by atoms with van der Waals surface area (Å²) < 4.78 is 68.3. The molecular formula is C104H148N5+5. The number of pyridine rings is 5. The number of hydrogen-bond donors (Lipinski definition) is 0. The number of aryl methyl sites for hydroxylation is 13. The van der Waals surface area contributed by atoms with Gasteiger partial charge in [0, 0.05) is 95.6 Å². The van der Waals surface area contributed by atoms with Crippen LogP contribution in [0.3, 0.4) is 0 Å². The van der Waals surface area contributed by atoms with Gasteiger partial charge in [0.15, 0.2) is 31.0 Å². The van der Waals surface area contributed by atoms with Gasteiger partial charge in [-0.1, -0.05) is 249 Å². The summed E-state index contributed by atoms with van der Waals surface area (Å²) in [5.74, 6) is 0.855. The van der Waals surface area contributed by atoms with E-state index in [0.717, 1.165) is 46.5 Å². The van der Waals surface area contributed by atoms with Crippen LogP contribution >= 0.6 is 0 Å². The maximum absolute atomic E-state index is 8.66. The van der Waals surface area contributed by atoms with Crippen molar-refractivity contribution in [1.29, 1.82) is 0 Å². The van der Waals surface area contributed by atoms with E-state index in [0.29, 0.717) is 28.5 Å². The Morgan fingerprint density at radius 2 is 0.569 bits per heavy atom. The summed E-state index contributed by atoms with van der Waals surface area (Å²) in [5, 5.41) is 0. The highest BCUT2D eigenvalue weighted by Gasteiger charge is 2.33. The van der Waals surface area contributed by atoms with Crippen molar-refractivity contribution in [2.75, 3.05) is 0 Å². The molecule has 5 nitrogen and oxygen atoms in total. The molecule has 0 atom stereocenters. The summed E-state index contributed by atoms with van der Waals surface area (Å²) in [4.78, 5) is 0. The van der Waals surface area contributed by atoms with Crippen molar-refractivity contribution >= 4 is 0 Å². The van der Waals surface area contributed by atoms with E-state index < -0.39 is 19.6 Å². The van der Waals surface area contributed by atoms with E-state index in [-0.39, 0.29) is 38.9 Å². The van der Waals surface area contributed by atoms with Gasteiger partial charge in [-0.15, -0.1) is 0 Å². The summed E-state index contributed by atoms with van der Waals surface area (Å²) in [7, 11) is 10.4. The smallest absolute Gasteiger partial charge is 0.201 e. The molecule has 584 valence electrons. The maximum atomic E-state index is 8.66. The molecule has 10 rings (SSSR count). The Morgan fingerprint density at radius 3 is 0.917 bits per heavy atom. The number of hydrogen-bond acceptors (Lipinski definition) is 0. The van der Waals surface area contributed by atoms with Crippen molar-refractivity contribution < 1.29 is 32.4 Å². The molecule has 0 saturated heterocycles. The number of aromatic nitrogens is 5. The third-order valence-electron chi connectivity index (χ3n) is 20.4. The van der Waals surface area contributed by atoms with E-state index >= 15 is 0 Å². The highest BCUT2D eigenvalue weighted by atomic mass is 14.9. The molecule has 0 spiro atoms. The molecule has 5 aromatic carbocycles. The van der Waals surface area contributed by atoms with E-state index in [9.17, 15) is 0 Å². The van der Waals surface area contributed by atoms with Gasteiger partial charge in [-0.2, -0.15) is 0 Å². The Hall–Kier alpha value is -8.15. The van der Waals surface area contributed by atoms with Crippen LogP contribution in [0.25, 0.3) is 56.3 Å². The molecule has 0 N–H and O–H groups in total. The largest absolute Gasteiger partial charge is 0.212 e. The molecule has 5 aromatic heterocycles. The second-order valence-electron chi connectivity index (χ2n) is 37.8. The normalized spacial score (nSPS) is 13.3. The average molecular weight is 1480 g/mol. The Labute approximate surface area is 676 Å². The summed E-state index contributed by atoms with van der Waals surface area (Å²) >= 11 is 0. The van der Waals surface area contributed by atoms with E-state index in [1.807, 2.05) is 89.6 Å². The fourth-order valence-corrected chi connectivity index (χ4v) is 14.7. The van der Waals surface area contributed by atoms with Crippen LogP contribution in [-0.4, -0.2) is 0 Å². The average Bonchev–Trinajstić information content (AvgIpc) is 0.762. The maximum Gasteiger partial charge on any atom is 0.212 e. The predicted molar refractivity (Wildman–Crippen MR) is 471 cm³/mol. The highest BCUT2D eigenvalue weighted by molar-refractivity contribution is 5.66. The number of benzene rings is 5. The lowest BCUT2D eigenvalue weighted by atomic mass is 9.75. The van der Waals surface area contributed by atoms with Gasteiger partial charge in [-0.3, -0.25) is 0 Å². The van der Waals surface area contributed by atoms with Gasteiger partial charge in [-0.25, -0.2) is 22.8 Å². The third kappa shape index (κ3) is 24.7.